The lowest BCUT2D eigenvalue weighted by Gasteiger charge is -2.03. The lowest BCUT2D eigenvalue weighted by atomic mass is 10.1. The number of aromatic nitrogens is 2. The van der Waals surface area contributed by atoms with E-state index in [1.807, 2.05) is 6.20 Å². The van der Waals surface area contributed by atoms with Gasteiger partial charge >= 0.3 is 18.3 Å². The second-order valence-electron chi connectivity index (χ2n) is 6.62. The van der Waals surface area contributed by atoms with Gasteiger partial charge in [-0.15, -0.1) is 0 Å². The van der Waals surface area contributed by atoms with Crippen LogP contribution in [0.4, 0.5) is 26.3 Å². The normalized spacial score (nSPS) is 11.2. The van der Waals surface area contributed by atoms with E-state index in [9.17, 15) is 26.3 Å². The first-order valence-corrected chi connectivity index (χ1v) is 10.1. The van der Waals surface area contributed by atoms with Gasteiger partial charge in [-0.25, -0.2) is 4.98 Å². The van der Waals surface area contributed by atoms with E-state index in [0.717, 1.165) is 34.9 Å². The van der Waals surface area contributed by atoms with Crippen molar-refractivity contribution in [3.05, 3.63) is 40.6 Å². The predicted octanol–water partition coefficient (Wildman–Crippen LogP) is -1.22. The molecule has 0 saturated heterocycles. The minimum Gasteiger partial charge on any atom is -0.542 e. The van der Waals surface area contributed by atoms with Crippen molar-refractivity contribution in [1.82, 2.24) is 4.98 Å². The number of guanidine groups is 1. The zero-order valence-corrected chi connectivity index (χ0v) is 19.0. The molecule has 0 fully saturated rings. The van der Waals surface area contributed by atoms with Crippen LogP contribution in [-0.4, -0.2) is 41.8 Å². The second-order valence-corrected chi connectivity index (χ2v) is 7.53. The predicted molar refractivity (Wildman–Crippen MR) is 110 cm³/mol. The van der Waals surface area contributed by atoms with E-state index in [1.54, 1.807) is 0 Å². The molecule has 0 aliphatic carbocycles. The highest BCUT2D eigenvalue weighted by Gasteiger charge is 2.29. The van der Waals surface area contributed by atoms with Crippen LogP contribution in [0.1, 0.15) is 12.1 Å². The average Bonchev–Trinajstić information content (AvgIpc) is 3.08. The van der Waals surface area contributed by atoms with Crippen LogP contribution >= 0.6 is 15.9 Å². The fourth-order valence-electron chi connectivity index (χ4n) is 2.60. The number of nitrogens with one attached hydrogen (secondary N) is 3. The van der Waals surface area contributed by atoms with Gasteiger partial charge in [0.25, 0.3) is 0 Å². The minimum absolute atomic E-state index is 0.271. The van der Waals surface area contributed by atoms with Gasteiger partial charge in [0.05, 0.1) is 6.54 Å². The van der Waals surface area contributed by atoms with Crippen molar-refractivity contribution in [2.75, 3.05) is 6.54 Å². The summed E-state index contributed by atoms with van der Waals surface area (Å²) >= 11 is 3.51. The molecule has 0 bridgehead atoms. The number of pyridine rings is 1. The fraction of sp³-hybridized carbons (Fsp3) is 0.263. The third-order valence-electron chi connectivity index (χ3n) is 4.01. The molecule has 3 rings (SSSR count). The monoisotopic (exact) mass is 573 g/mol. The smallest absolute Gasteiger partial charge is 0.430 e. The van der Waals surface area contributed by atoms with Gasteiger partial charge in [-0.3, -0.25) is 16.5 Å². The molecule has 9 nitrogen and oxygen atoms in total. The van der Waals surface area contributed by atoms with Gasteiger partial charge < -0.3 is 24.8 Å². The Hall–Kier alpha value is -3.56. The molecule has 7 N–H and O–H groups in total. The number of benzene rings is 1. The lowest BCUT2D eigenvalue weighted by Crippen LogP contribution is -2.78. The number of halogens is 7. The molecule has 0 unspecified atom stereocenters. The number of carboxylic acids is 2. The maximum atomic E-state index is 10.5. The molecule has 3 aromatic rings. The number of fused-ring (bicyclic) bond motifs is 3. The van der Waals surface area contributed by atoms with Gasteiger partial charge in [0.2, 0.25) is 5.69 Å². The summed E-state index contributed by atoms with van der Waals surface area (Å²) in [7, 11) is 0. The van der Waals surface area contributed by atoms with Crippen LogP contribution in [0, 0.1) is 0 Å². The lowest BCUT2D eigenvalue weighted by molar-refractivity contribution is -0.460. The molecule has 2 heterocycles. The molecule has 0 aliphatic rings. The van der Waals surface area contributed by atoms with E-state index >= 15 is 0 Å². The number of nitrogens with two attached hydrogens (primary N) is 2. The van der Waals surface area contributed by atoms with Crippen LogP contribution in [0.25, 0.3) is 21.8 Å². The van der Waals surface area contributed by atoms with E-state index in [1.165, 1.54) is 16.5 Å². The molecule has 1 aromatic carbocycles. The van der Waals surface area contributed by atoms with Gasteiger partial charge in [0, 0.05) is 33.2 Å². The van der Waals surface area contributed by atoms with Gasteiger partial charge in [0.15, 0.2) is 6.20 Å². The minimum atomic E-state index is -5.19. The molecule has 35 heavy (non-hydrogen) atoms. The Bertz CT molecular complexity index is 1180. The van der Waals surface area contributed by atoms with Crippen molar-refractivity contribution < 1.29 is 56.1 Å². The van der Waals surface area contributed by atoms with Crippen molar-refractivity contribution >= 4 is 55.6 Å². The van der Waals surface area contributed by atoms with E-state index in [0.29, 0.717) is 0 Å². The first-order chi connectivity index (χ1) is 16.0. The Kier molecular flexibility index (Phi) is 10.3. The van der Waals surface area contributed by atoms with Gasteiger partial charge in [0.1, 0.15) is 17.5 Å². The molecule has 0 spiro atoms. The zero-order chi connectivity index (χ0) is 27.0. The number of hydrogen-bond acceptors (Lipinski definition) is 4. The number of carbonyl (C=O) groups is 2. The highest BCUT2D eigenvalue weighted by atomic mass is 79.9. The van der Waals surface area contributed by atoms with Crippen LogP contribution < -0.4 is 31.7 Å². The van der Waals surface area contributed by atoms with E-state index in [2.05, 4.69) is 55.2 Å². The number of alkyl halides is 6. The van der Waals surface area contributed by atoms with Crippen molar-refractivity contribution in [3.8, 4) is 0 Å². The Morgan fingerprint density at radius 2 is 1.54 bits per heavy atom. The summed E-state index contributed by atoms with van der Waals surface area (Å²) in [5, 5.41) is 20.0. The molecule has 0 saturated carbocycles. The largest absolute Gasteiger partial charge is 0.542 e. The van der Waals surface area contributed by atoms with Crippen LogP contribution in [-0.2, 0) is 16.0 Å². The van der Waals surface area contributed by atoms with Gasteiger partial charge in [-0.2, -0.15) is 26.3 Å². The molecular weight excluding hydrogens is 556 g/mol. The van der Waals surface area contributed by atoms with Crippen LogP contribution in [0.5, 0.6) is 0 Å². The first-order valence-electron chi connectivity index (χ1n) is 9.32. The maximum absolute atomic E-state index is 10.5. The third-order valence-corrected chi connectivity index (χ3v) is 4.50. The molecular formula is C19H18BrF6N5O4. The third kappa shape index (κ3) is 9.68. The Morgan fingerprint density at radius 3 is 2.03 bits per heavy atom. The molecule has 0 amide bonds. The van der Waals surface area contributed by atoms with Crippen LogP contribution in [0.2, 0.25) is 0 Å². The van der Waals surface area contributed by atoms with E-state index in [4.69, 9.17) is 31.3 Å². The average molecular weight is 574 g/mol. The summed E-state index contributed by atoms with van der Waals surface area (Å²) < 4.78 is 64.2. The highest BCUT2D eigenvalue weighted by Crippen LogP contribution is 2.28. The topological polar surface area (TPSA) is 176 Å². The molecule has 16 heteroatoms. The molecule has 192 valence electrons. The second kappa shape index (κ2) is 12.2. The fourth-order valence-corrected chi connectivity index (χ4v) is 2.96. The molecule has 0 radical (unpaired) electrons. The highest BCUT2D eigenvalue weighted by molar-refractivity contribution is 9.10. The Balaban J connectivity index is 0.000000362. The standard InChI is InChI=1S/C15H16BrN5.2C2HF3O2/c16-9-3-4-10-11-5-7-19-12(2-1-6-20-15(17)18)14(11)21-13(10)8-9;2*3-2(4,5)1(6)7/h3-5,7-8,21H,1-2,6H2,(H4,17,18,20);2*(H,6,7). The summed E-state index contributed by atoms with van der Waals surface area (Å²) in [5.74, 6) is -5.74. The summed E-state index contributed by atoms with van der Waals surface area (Å²) in [6.07, 6.45) is -6.53. The number of rotatable bonds is 4. The van der Waals surface area contributed by atoms with E-state index in [-0.39, 0.29) is 5.96 Å². The van der Waals surface area contributed by atoms with Crippen molar-refractivity contribution in [2.24, 2.45) is 11.5 Å². The summed E-state index contributed by atoms with van der Waals surface area (Å²) in [4.78, 5) is 27.3. The SMILES string of the molecule is NC(N)=[NH+]CCCc1[nH+]ccc2c1[nH]c1cc(Br)ccc12.O=C([O-])C(F)(F)F.O=C([O-])C(F)(F)F. The number of aromatic amines is 2. The van der Waals surface area contributed by atoms with Crippen LogP contribution in [0.3, 0.4) is 0 Å². The molecule has 0 aliphatic heterocycles. The zero-order valence-electron chi connectivity index (χ0n) is 17.4. The molecule has 0 atom stereocenters. The number of aliphatic carboxylic acids is 2. The van der Waals surface area contributed by atoms with Crippen LogP contribution in [0.15, 0.2) is 34.9 Å². The van der Waals surface area contributed by atoms with E-state index < -0.39 is 24.3 Å². The summed E-state index contributed by atoms with van der Waals surface area (Å²) in [5.41, 5.74) is 14.3. The number of aryl methyl sites for hydroxylation is 1. The maximum Gasteiger partial charge on any atom is 0.430 e. The Labute approximate surface area is 201 Å². The van der Waals surface area contributed by atoms with Crippen molar-refractivity contribution in [2.45, 2.75) is 25.2 Å². The number of hydrogen-bond donors (Lipinski definition) is 4. The summed E-state index contributed by atoms with van der Waals surface area (Å²) in [6, 6.07) is 8.41. The number of carbonyl (C=O) groups excluding carboxylic acids is 2. The van der Waals surface area contributed by atoms with Gasteiger partial charge in [-0.05, 0) is 18.6 Å². The number of carboxylic acid groups (broad SMARTS) is 2. The quantitative estimate of drug-likeness (QED) is 0.132. The Morgan fingerprint density at radius 1 is 1.00 bits per heavy atom. The van der Waals surface area contributed by atoms with Crippen molar-refractivity contribution in [1.29, 1.82) is 0 Å². The van der Waals surface area contributed by atoms with Gasteiger partial charge in [-0.1, -0.05) is 22.0 Å². The summed E-state index contributed by atoms with van der Waals surface area (Å²) in [6.45, 7) is 0.762. The number of H-pyrrole nitrogens is 2. The van der Waals surface area contributed by atoms with Crippen molar-refractivity contribution in [3.63, 3.8) is 0 Å². The molecule has 2 aromatic heterocycles. The first kappa shape index (κ1) is 29.5.